The minimum absolute atomic E-state index is 0.238. The second-order valence-electron chi connectivity index (χ2n) is 5.43. The zero-order valence-electron chi connectivity index (χ0n) is 13.6. The van der Waals surface area contributed by atoms with Gasteiger partial charge in [-0.25, -0.2) is 0 Å². The summed E-state index contributed by atoms with van der Waals surface area (Å²) in [7, 11) is 1.61. The number of nitrogens with one attached hydrogen (secondary N) is 1. The van der Waals surface area contributed by atoms with Gasteiger partial charge in [-0.3, -0.25) is 4.79 Å². The van der Waals surface area contributed by atoms with Crippen molar-refractivity contribution >= 4 is 5.91 Å². The minimum Gasteiger partial charge on any atom is -0.496 e. The second kappa shape index (κ2) is 7.00. The van der Waals surface area contributed by atoms with E-state index in [1.165, 1.54) is 6.20 Å². The Balaban J connectivity index is 1.77. The predicted octanol–water partition coefficient (Wildman–Crippen LogP) is 3.59. The fraction of sp³-hybridized carbons (Fsp3) is 0.158. The van der Waals surface area contributed by atoms with E-state index in [1.54, 1.807) is 7.11 Å². The number of nitrogens with zero attached hydrogens (tertiary/aromatic N) is 1. The molecule has 0 atom stereocenters. The molecule has 1 aromatic heterocycles. The molecule has 122 valence electrons. The number of aromatic nitrogens is 1. The van der Waals surface area contributed by atoms with Crippen molar-refractivity contribution in [3.63, 3.8) is 0 Å². The third kappa shape index (κ3) is 3.30. The molecule has 1 amide bonds. The fourth-order valence-corrected chi connectivity index (χ4v) is 2.43. The van der Waals surface area contributed by atoms with Crippen molar-refractivity contribution in [2.45, 2.75) is 13.5 Å². The van der Waals surface area contributed by atoms with Crippen LogP contribution in [0, 0.1) is 6.92 Å². The van der Waals surface area contributed by atoms with Crippen molar-refractivity contribution in [3.8, 4) is 17.1 Å². The molecule has 0 fully saturated rings. The van der Waals surface area contributed by atoms with Gasteiger partial charge in [0.05, 0.1) is 13.3 Å². The van der Waals surface area contributed by atoms with Crippen molar-refractivity contribution in [2.75, 3.05) is 7.11 Å². The Hall–Kier alpha value is -3.08. The number of rotatable bonds is 5. The highest BCUT2D eigenvalue weighted by Gasteiger charge is 2.18. The molecule has 5 nitrogen and oxygen atoms in total. The van der Waals surface area contributed by atoms with Gasteiger partial charge in [-0.05, 0) is 13.0 Å². The van der Waals surface area contributed by atoms with Crippen molar-refractivity contribution in [1.29, 1.82) is 0 Å². The number of para-hydroxylation sites is 1. The van der Waals surface area contributed by atoms with E-state index in [0.717, 1.165) is 22.4 Å². The molecule has 0 saturated carbocycles. The number of carbonyl (C=O) groups is 1. The number of methoxy groups -OCH3 is 1. The summed E-state index contributed by atoms with van der Waals surface area (Å²) in [5, 5.41) is 6.65. The highest BCUT2D eigenvalue weighted by atomic mass is 16.5. The molecule has 0 saturated heterocycles. The summed E-state index contributed by atoms with van der Waals surface area (Å²) in [6, 6.07) is 15.3. The molecular formula is C19H18N2O3. The second-order valence-corrected chi connectivity index (χ2v) is 5.43. The number of ether oxygens (including phenoxy) is 1. The summed E-state index contributed by atoms with van der Waals surface area (Å²) in [4.78, 5) is 12.5. The molecule has 5 heteroatoms. The number of hydrogen-bond acceptors (Lipinski definition) is 4. The number of amides is 1. The molecule has 0 bridgehead atoms. The normalized spacial score (nSPS) is 10.4. The van der Waals surface area contributed by atoms with Gasteiger partial charge in [-0.15, -0.1) is 0 Å². The maximum atomic E-state index is 12.5. The highest BCUT2D eigenvalue weighted by molar-refractivity contribution is 5.99. The van der Waals surface area contributed by atoms with Gasteiger partial charge in [0.25, 0.3) is 5.91 Å². The van der Waals surface area contributed by atoms with Crippen LogP contribution >= 0.6 is 0 Å². The summed E-state index contributed by atoms with van der Waals surface area (Å²) in [6.07, 6.45) is 1.44. The standard InChI is InChI=1S/C19H18N2O3/c1-13-7-9-14(10-8-13)18-16(12-21-24-18)19(22)20-11-15-5-3-4-6-17(15)23-2/h3-10,12H,11H2,1-2H3,(H,20,22). The van der Waals surface area contributed by atoms with Crippen molar-refractivity contribution in [1.82, 2.24) is 10.5 Å². The lowest BCUT2D eigenvalue weighted by molar-refractivity contribution is 0.0951. The Morgan fingerprint density at radius 3 is 2.67 bits per heavy atom. The molecule has 3 aromatic rings. The Morgan fingerprint density at radius 2 is 1.92 bits per heavy atom. The Bertz CT molecular complexity index is 838. The molecule has 0 radical (unpaired) electrons. The van der Waals surface area contributed by atoms with E-state index in [-0.39, 0.29) is 5.91 Å². The zero-order valence-corrected chi connectivity index (χ0v) is 13.6. The van der Waals surface area contributed by atoms with Crippen LogP contribution in [0.5, 0.6) is 5.75 Å². The third-order valence-electron chi connectivity index (χ3n) is 3.76. The summed E-state index contributed by atoms with van der Waals surface area (Å²) in [6.45, 7) is 2.37. The van der Waals surface area contributed by atoms with Crippen LogP contribution in [-0.4, -0.2) is 18.2 Å². The van der Waals surface area contributed by atoms with Crippen LogP contribution in [0.15, 0.2) is 59.3 Å². The summed E-state index contributed by atoms with van der Waals surface area (Å²) >= 11 is 0. The number of carbonyl (C=O) groups excluding carboxylic acids is 1. The van der Waals surface area contributed by atoms with Crippen LogP contribution in [0.2, 0.25) is 0 Å². The van der Waals surface area contributed by atoms with E-state index in [0.29, 0.717) is 17.9 Å². The first-order valence-electron chi connectivity index (χ1n) is 7.61. The van der Waals surface area contributed by atoms with Crippen molar-refractivity contribution in [2.24, 2.45) is 0 Å². The van der Waals surface area contributed by atoms with Gasteiger partial charge >= 0.3 is 0 Å². The maximum absolute atomic E-state index is 12.5. The van der Waals surface area contributed by atoms with Gasteiger partial charge in [-0.2, -0.15) is 0 Å². The average molecular weight is 322 g/mol. The van der Waals surface area contributed by atoms with E-state index in [4.69, 9.17) is 9.26 Å². The van der Waals surface area contributed by atoms with E-state index in [9.17, 15) is 4.79 Å². The molecule has 24 heavy (non-hydrogen) atoms. The van der Waals surface area contributed by atoms with Crippen LogP contribution in [0.4, 0.5) is 0 Å². The first-order valence-corrected chi connectivity index (χ1v) is 7.61. The van der Waals surface area contributed by atoms with Gasteiger partial charge in [0.1, 0.15) is 11.3 Å². The number of hydrogen-bond donors (Lipinski definition) is 1. The molecule has 1 heterocycles. The molecule has 3 rings (SSSR count). The zero-order chi connectivity index (χ0) is 16.9. The van der Waals surface area contributed by atoms with E-state index >= 15 is 0 Å². The molecule has 0 aliphatic heterocycles. The SMILES string of the molecule is COc1ccccc1CNC(=O)c1cnoc1-c1ccc(C)cc1. The topological polar surface area (TPSA) is 64.4 Å². The lowest BCUT2D eigenvalue weighted by Gasteiger charge is -2.09. The largest absolute Gasteiger partial charge is 0.496 e. The lowest BCUT2D eigenvalue weighted by atomic mass is 10.1. The van der Waals surface area contributed by atoms with Crippen LogP contribution in [0.3, 0.4) is 0 Å². The Kier molecular flexibility index (Phi) is 4.61. The van der Waals surface area contributed by atoms with Crippen LogP contribution in [-0.2, 0) is 6.54 Å². The first kappa shape index (κ1) is 15.8. The smallest absolute Gasteiger partial charge is 0.257 e. The summed E-state index contributed by atoms with van der Waals surface area (Å²) in [5.74, 6) is 0.965. The number of benzene rings is 2. The van der Waals surface area contributed by atoms with Crippen LogP contribution in [0.1, 0.15) is 21.5 Å². The van der Waals surface area contributed by atoms with Gasteiger partial charge in [-0.1, -0.05) is 53.2 Å². The highest BCUT2D eigenvalue weighted by Crippen LogP contribution is 2.24. The molecule has 0 unspecified atom stereocenters. The molecule has 0 spiro atoms. The summed E-state index contributed by atoms with van der Waals surface area (Å²) in [5.41, 5.74) is 3.27. The van der Waals surface area contributed by atoms with Crippen LogP contribution in [0.25, 0.3) is 11.3 Å². The Labute approximate surface area is 140 Å². The molecule has 2 aromatic carbocycles. The monoisotopic (exact) mass is 322 g/mol. The van der Waals surface area contributed by atoms with E-state index in [1.807, 2.05) is 55.5 Å². The first-order chi connectivity index (χ1) is 11.7. The van der Waals surface area contributed by atoms with E-state index in [2.05, 4.69) is 10.5 Å². The van der Waals surface area contributed by atoms with Gasteiger partial charge in [0.15, 0.2) is 5.76 Å². The quantitative estimate of drug-likeness (QED) is 0.779. The fourth-order valence-electron chi connectivity index (χ4n) is 2.43. The molecule has 0 aliphatic rings. The van der Waals surface area contributed by atoms with Gasteiger partial charge in [0, 0.05) is 17.7 Å². The van der Waals surface area contributed by atoms with Gasteiger partial charge in [0.2, 0.25) is 0 Å². The Morgan fingerprint density at radius 1 is 1.17 bits per heavy atom. The molecule has 0 aliphatic carbocycles. The van der Waals surface area contributed by atoms with E-state index < -0.39 is 0 Å². The third-order valence-corrected chi connectivity index (χ3v) is 3.76. The maximum Gasteiger partial charge on any atom is 0.257 e. The minimum atomic E-state index is -0.238. The number of aryl methyl sites for hydroxylation is 1. The summed E-state index contributed by atoms with van der Waals surface area (Å²) < 4.78 is 10.6. The lowest BCUT2D eigenvalue weighted by Crippen LogP contribution is -2.23. The van der Waals surface area contributed by atoms with Gasteiger partial charge < -0.3 is 14.6 Å². The van der Waals surface area contributed by atoms with Crippen molar-refractivity contribution < 1.29 is 14.1 Å². The molecule has 1 N–H and O–H groups in total. The van der Waals surface area contributed by atoms with Crippen molar-refractivity contribution in [3.05, 3.63) is 71.4 Å². The van der Waals surface area contributed by atoms with Crippen LogP contribution < -0.4 is 10.1 Å². The average Bonchev–Trinajstić information content (AvgIpc) is 3.10. The molecular weight excluding hydrogens is 304 g/mol. The predicted molar refractivity (Wildman–Crippen MR) is 90.8 cm³/mol.